The molecule has 1 aliphatic heterocycles. The minimum absolute atomic E-state index is 0.0785. The van der Waals surface area contributed by atoms with E-state index >= 15 is 0 Å². The van der Waals surface area contributed by atoms with Gasteiger partial charge in [0.2, 0.25) is 5.13 Å². The van der Waals surface area contributed by atoms with Gasteiger partial charge in [0, 0.05) is 24.0 Å². The molecule has 0 radical (unpaired) electrons. The Hall–Kier alpha value is -2.51. The van der Waals surface area contributed by atoms with Crippen LogP contribution >= 0.6 is 23.1 Å². The van der Waals surface area contributed by atoms with Crippen LogP contribution < -0.4 is 0 Å². The summed E-state index contributed by atoms with van der Waals surface area (Å²) >= 11 is 2.78. The predicted molar refractivity (Wildman–Crippen MR) is 99.3 cm³/mol. The highest BCUT2D eigenvalue weighted by Crippen LogP contribution is 2.33. The Morgan fingerprint density at radius 3 is 2.92 bits per heavy atom. The zero-order chi connectivity index (χ0) is 16.5. The van der Waals surface area contributed by atoms with Crippen LogP contribution in [0.2, 0.25) is 0 Å². The number of carbonyl (C=O) groups is 1. The van der Waals surface area contributed by atoms with Crippen LogP contribution in [-0.4, -0.2) is 33.0 Å². The van der Waals surface area contributed by atoms with Gasteiger partial charge in [0.15, 0.2) is 5.17 Å². The first kappa shape index (κ1) is 15.0. The van der Waals surface area contributed by atoms with Crippen molar-refractivity contribution in [3.8, 4) is 0 Å². The number of fused-ring (bicyclic) bond motifs is 1. The fraction of sp³-hybridized carbons (Fsp3) is 0.0588. The monoisotopic (exact) mass is 352 g/mol. The number of amides is 1. The van der Waals surface area contributed by atoms with Crippen LogP contribution in [0.1, 0.15) is 5.69 Å². The molecule has 0 saturated carbocycles. The van der Waals surface area contributed by atoms with Crippen LogP contribution in [0.3, 0.4) is 0 Å². The number of aliphatic imine (C=N–C) groups is 1. The first-order valence-corrected chi connectivity index (χ1v) is 8.92. The second kappa shape index (κ2) is 6.18. The van der Waals surface area contributed by atoms with Crippen molar-refractivity contribution in [2.24, 2.45) is 4.99 Å². The van der Waals surface area contributed by atoms with Crippen molar-refractivity contribution in [1.29, 1.82) is 0 Å². The maximum absolute atomic E-state index is 12.4. The molecule has 4 rings (SSSR count). The Bertz CT molecular complexity index is 979. The van der Waals surface area contributed by atoms with E-state index in [9.17, 15) is 4.79 Å². The molecule has 1 amide bonds. The van der Waals surface area contributed by atoms with Crippen LogP contribution in [-0.2, 0) is 4.79 Å². The summed E-state index contributed by atoms with van der Waals surface area (Å²) in [6.45, 7) is 0. The lowest BCUT2D eigenvalue weighted by molar-refractivity contribution is -0.121. The SMILES string of the molecule is CN1C(=O)/C(=C/c2ccc3ccccc3n2)SC1=Nc1nccs1. The van der Waals surface area contributed by atoms with Crippen molar-refractivity contribution in [3.63, 3.8) is 0 Å². The molecule has 0 unspecified atom stereocenters. The maximum Gasteiger partial charge on any atom is 0.266 e. The van der Waals surface area contributed by atoms with E-state index in [1.165, 1.54) is 23.1 Å². The summed E-state index contributed by atoms with van der Waals surface area (Å²) in [5, 5.41) is 4.20. The summed E-state index contributed by atoms with van der Waals surface area (Å²) < 4.78 is 0. The summed E-state index contributed by atoms with van der Waals surface area (Å²) in [5.41, 5.74) is 1.67. The van der Waals surface area contributed by atoms with E-state index in [1.54, 1.807) is 24.2 Å². The zero-order valence-electron chi connectivity index (χ0n) is 12.7. The van der Waals surface area contributed by atoms with E-state index in [1.807, 2.05) is 41.8 Å². The predicted octanol–water partition coefficient (Wildman–Crippen LogP) is 3.93. The third-order valence-electron chi connectivity index (χ3n) is 3.51. The van der Waals surface area contributed by atoms with Gasteiger partial charge in [-0.3, -0.25) is 9.69 Å². The minimum Gasteiger partial charge on any atom is -0.289 e. The molecule has 7 heteroatoms. The number of aromatic nitrogens is 2. The van der Waals surface area contributed by atoms with Gasteiger partial charge in [-0.25, -0.2) is 9.97 Å². The van der Waals surface area contributed by atoms with Gasteiger partial charge in [0.1, 0.15) is 0 Å². The normalized spacial score (nSPS) is 18.2. The van der Waals surface area contributed by atoms with Gasteiger partial charge in [-0.2, -0.15) is 4.99 Å². The second-order valence-corrected chi connectivity index (χ2v) is 6.99. The summed E-state index contributed by atoms with van der Waals surface area (Å²) in [6, 6.07) is 11.8. The Labute approximate surface area is 146 Å². The second-order valence-electron chi connectivity index (χ2n) is 5.11. The number of thioether (sulfide) groups is 1. The Kier molecular flexibility index (Phi) is 3.87. The molecule has 24 heavy (non-hydrogen) atoms. The molecule has 2 aromatic heterocycles. The van der Waals surface area contributed by atoms with E-state index in [0.717, 1.165) is 16.6 Å². The molecule has 0 atom stereocenters. The van der Waals surface area contributed by atoms with Crippen LogP contribution in [0.25, 0.3) is 17.0 Å². The van der Waals surface area contributed by atoms with Gasteiger partial charge in [-0.05, 0) is 30.0 Å². The van der Waals surface area contributed by atoms with Crippen molar-refractivity contribution in [1.82, 2.24) is 14.9 Å². The molecule has 3 aromatic rings. The fourth-order valence-corrected chi connectivity index (χ4v) is 3.82. The number of hydrogen-bond acceptors (Lipinski definition) is 6. The molecule has 118 valence electrons. The molecule has 1 aromatic carbocycles. The number of benzene rings is 1. The van der Waals surface area contributed by atoms with Gasteiger partial charge in [0.05, 0.1) is 16.1 Å². The van der Waals surface area contributed by atoms with Gasteiger partial charge < -0.3 is 0 Å². The highest BCUT2D eigenvalue weighted by Gasteiger charge is 2.30. The Morgan fingerprint density at radius 1 is 1.21 bits per heavy atom. The molecule has 1 fully saturated rings. The average Bonchev–Trinajstić information content (AvgIpc) is 3.20. The van der Waals surface area contributed by atoms with Crippen molar-refractivity contribution in [2.75, 3.05) is 7.05 Å². The van der Waals surface area contributed by atoms with Gasteiger partial charge in [0.25, 0.3) is 5.91 Å². The Balaban J connectivity index is 1.67. The topological polar surface area (TPSA) is 58.5 Å². The van der Waals surface area contributed by atoms with Crippen molar-refractivity contribution >= 4 is 56.3 Å². The number of pyridine rings is 1. The van der Waals surface area contributed by atoms with Crippen molar-refractivity contribution in [3.05, 3.63) is 58.6 Å². The fourth-order valence-electron chi connectivity index (χ4n) is 2.30. The molecule has 0 N–H and O–H groups in total. The smallest absolute Gasteiger partial charge is 0.266 e. The quantitative estimate of drug-likeness (QED) is 0.656. The van der Waals surface area contributed by atoms with Gasteiger partial charge >= 0.3 is 0 Å². The highest BCUT2D eigenvalue weighted by molar-refractivity contribution is 8.18. The summed E-state index contributed by atoms with van der Waals surface area (Å²) in [4.78, 5) is 27.7. The lowest BCUT2D eigenvalue weighted by Gasteiger charge is -2.05. The Morgan fingerprint density at radius 2 is 2.08 bits per heavy atom. The van der Waals surface area contributed by atoms with Crippen LogP contribution in [0.5, 0.6) is 0 Å². The zero-order valence-corrected chi connectivity index (χ0v) is 14.3. The number of rotatable bonds is 2. The molecular formula is C17H12N4OS2. The third-order valence-corrected chi connectivity index (χ3v) is 5.24. The lowest BCUT2D eigenvalue weighted by Crippen LogP contribution is -2.23. The van der Waals surface area contributed by atoms with Crippen molar-refractivity contribution < 1.29 is 4.79 Å². The standard InChI is InChI=1S/C17H12N4OS2/c1-21-15(22)14(24-17(21)20-16-18-8-9-23-16)10-12-7-6-11-4-2-3-5-13(11)19-12/h2-10H,1H3/b14-10-,20-17?. The number of hydrogen-bond donors (Lipinski definition) is 0. The lowest BCUT2D eigenvalue weighted by atomic mass is 10.2. The number of likely N-dealkylation sites (N-methyl/N-ethyl adjacent to an activating group) is 1. The molecule has 0 bridgehead atoms. The van der Waals surface area contributed by atoms with Crippen molar-refractivity contribution in [2.45, 2.75) is 0 Å². The molecular weight excluding hydrogens is 340 g/mol. The number of para-hydroxylation sites is 1. The number of thiazole rings is 1. The molecule has 5 nitrogen and oxygen atoms in total. The molecule has 0 aliphatic carbocycles. The van der Waals surface area contributed by atoms with Crippen LogP contribution in [0, 0.1) is 0 Å². The summed E-state index contributed by atoms with van der Waals surface area (Å²) in [6.07, 6.45) is 3.50. The third kappa shape index (κ3) is 2.83. The molecule has 3 heterocycles. The first-order chi connectivity index (χ1) is 11.7. The van der Waals surface area contributed by atoms with Crippen LogP contribution in [0.15, 0.2) is 57.9 Å². The van der Waals surface area contributed by atoms with E-state index < -0.39 is 0 Å². The van der Waals surface area contributed by atoms with E-state index in [-0.39, 0.29) is 5.91 Å². The molecule has 1 saturated heterocycles. The summed E-state index contributed by atoms with van der Waals surface area (Å²) in [7, 11) is 1.72. The van der Waals surface area contributed by atoms with E-state index in [0.29, 0.717) is 15.2 Å². The summed E-state index contributed by atoms with van der Waals surface area (Å²) in [5.74, 6) is -0.0785. The van der Waals surface area contributed by atoms with Gasteiger partial charge in [-0.1, -0.05) is 24.3 Å². The molecule has 1 aliphatic rings. The minimum atomic E-state index is -0.0785. The number of amidine groups is 1. The number of nitrogens with zero attached hydrogens (tertiary/aromatic N) is 4. The van der Waals surface area contributed by atoms with E-state index in [4.69, 9.17) is 0 Å². The molecule has 0 spiro atoms. The average molecular weight is 352 g/mol. The van der Waals surface area contributed by atoms with Crippen LogP contribution in [0.4, 0.5) is 5.13 Å². The largest absolute Gasteiger partial charge is 0.289 e. The van der Waals surface area contributed by atoms with Gasteiger partial charge in [-0.15, -0.1) is 11.3 Å². The first-order valence-electron chi connectivity index (χ1n) is 7.22. The highest BCUT2D eigenvalue weighted by atomic mass is 32.2. The van der Waals surface area contributed by atoms with E-state index in [2.05, 4.69) is 15.0 Å². The maximum atomic E-state index is 12.4. The number of carbonyl (C=O) groups excluding carboxylic acids is 1.